The highest BCUT2D eigenvalue weighted by molar-refractivity contribution is 5.53. The Morgan fingerprint density at radius 2 is 1.73 bits per heavy atom. The number of anilines is 2. The van der Waals surface area contributed by atoms with Crippen LogP contribution in [-0.4, -0.2) is 6.29 Å². The second-order valence-electron chi connectivity index (χ2n) is 5.35. The van der Waals surface area contributed by atoms with Gasteiger partial charge in [-0.05, 0) is 49.7 Å². The third-order valence-corrected chi connectivity index (χ3v) is 3.53. The standard InChI is InChI=1S/C18H24N2O2/c1-3-4-8-18(21-15-11-9-14(19)10-12-15)22-17-7-5-6-16(20)13(17)2/h5-7,9-12,18H,3-4,8,19-20H2,1-2H3. The molecule has 0 aliphatic rings. The van der Waals surface area contributed by atoms with Gasteiger partial charge in [-0.1, -0.05) is 19.4 Å². The molecule has 0 saturated carbocycles. The van der Waals surface area contributed by atoms with Gasteiger partial charge in [0.25, 0.3) is 0 Å². The summed E-state index contributed by atoms with van der Waals surface area (Å²) in [5, 5.41) is 0. The van der Waals surface area contributed by atoms with E-state index in [4.69, 9.17) is 20.9 Å². The fraction of sp³-hybridized carbons (Fsp3) is 0.333. The highest BCUT2D eigenvalue weighted by Gasteiger charge is 2.14. The first kappa shape index (κ1) is 16.0. The van der Waals surface area contributed by atoms with E-state index in [0.29, 0.717) is 5.69 Å². The summed E-state index contributed by atoms with van der Waals surface area (Å²) >= 11 is 0. The average molecular weight is 300 g/mol. The summed E-state index contributed by atoms with van der Waals surface area (Å²) in [4.78, 5) is 0. The number of rotatable bonds is 7. The van der Waals surface area contributed by atoms with Crippen LogP contribution in [0.4, 0.5) is 11.4 Å². The summed E-state index contributed by atoms with van der Waals surface area (Å²) in [6.07, 6.45) is 2.58. The second-order valence-corrected chi connectivity index (χ2v) is 5.35. The Balaban J connectivity index is 2.11. The lowest BCUT2D eigenvalue weighted by atomic mass is 10.2. The molecular weight excluding hydrogens is 276 g/mol. The van der Waals surface area contributed by atoms with Crippen molar-refractivity contribution in [1.29, 1.82) is 0 Å². The summed E-state index contributed by atoms with van der Waals surface area (Å²) in [5.74, 6) is 1.51. The number of unbranched alkanes of at least 4 members (excludes halogenated alkanes) is 1. The van der Waals surface area contributed by atoms with Gasteiger partial charge >= 0.3 is 0 Å². The molecule has 4 nitrogen and oxygen atoms in total. The fourth-order valence-corrected chi connectivity index (χ4v) is 2.11. The normalized spacial score (nSPS) is 11.9. The van der Waals surface area contributed by atoms with Crippen molar-refractivity contribution in [2.45, 2.75) is 39.4 Å². The van der Waals surface area contributed by atoms with Crippen LogP contribution in [0.2, 0.25) is 0 Å². The monoisotopic (exact) mass is 300 g/mol. The third-order valence-electron chi connectivity index (χ3n) is 3.53. The summed E-state index contributed by atoms with van der Waals surface area (Å²) < 4.78 is 12.0. The molecule has 0 aromatic heterocycles. The van der Waals surface area contributed by atoms with Crippen LogP contribution in [0.3, 0.4) is 0 Å². The van der Waals surface area contributed by atoms with Crippen LogP contribution in [0.5, 0.6) is 11.5 Å². The van der Waals surface area contributed by atoms with Crippen LogP contribution >= 0.6 is 0 Å². The zero-order chi connectivity index (χ0) is 15.9. The summed E-state index contributed by atoms with van der Waals surface area (Å²) in [7, 11) is 0. The largest absolute Gasteiger partial charge is 0.455 e. The lowest BCUT2D eigenvalue weighted by Crippen LogP contribution is -2.24. The Morgan fingerprint density at radius 3 is 2.41 bits per heavy atom. The van der Waals surface area contributed by atoms with Gasteiger partial charge in [0.05, 0.1) is 0 Å². The first-order chi connectivity index (χ1) is 10.6. The zero-order valence-corrected chi connectivity index (χ0v) is 13.2. The summed E-state index contributed by atoms with van der Waals surface area (Å²) in [6.45, 7) is 4.09. The van der Waals surface area contributed by atoms with E-state index in [1.165, 1.54) is 0 Å². The second kappa shape index (κ2) is 7.59. The molecule has 0 amide bonds. The Morgan fingerprint density at radius 1 is 1.00 bits per heavy atom. The first-order valence-electron chi connectivity index (χ1n) is 7.64. The van der Waals surface area contributed by atoms with E-state index in [1.807, 2.05) is 49.4 Å². The Labute approximate surface area is 132 Å². The lowest BCUT2D eigenvalue weighted by Gasteiger charge is -2.22. The molecule has 1 atom stereocenters. The molecule has 0 heterocycles. The van der Waals surface area contributed by atoms with Gasteiger partial charge in [-0.2, -0.15) is 0 Å². The summed E-state index contributed by atoms with van der Waals surface area (Å²) in [6, 6.07) is 13.0. The quantitative estimate of drug-likeness (QED) is 0.595. The number of hydrogen-bond donors (Lipinski definition) is 2. The molecule has 1 unspecified atom stereocenters. The maximum absolute atomic E-state index is 6.03. The van der Waals surface area contributed by atoms with Gasteiger partial charge < -0.3 is 20.9 Å². The van der Waals surface area contributed by atoms with Crippen LogP contribution in [0.15, 0.2) is 42.5 Å². The van der Waals surface area contributed by atoms with Crippen LogP contribution in [0.25, 0.3) is 0 Å². The number of ether oxygens (including phenoxy) is 2. The van der Waals surface area contributed by atoms with Gasteiger partial charge in [0.15, 0.2) is 0 Å². The molecule has 0 spiro atoms. The average Bonchev–Trinajstić information content (AvgIpc) is 2.51. The molecule has 0 aliphatic heterocycles. The van der Waals surface area contributed by atoms with Crippen molar-refractivity contribution in [3.63, 3.8) is 0 Å². The van der Waals surface area contributed by atoms with Crippen molar-refractivity contribution >= 4 is 11.4 Å². The van der Waals surface area contributed by atoms with Crippen LogP contribution in [-0.2, 0) is 0 Å². The van der Waals surface area contributed by atoms with Gasteiger partial charge in [-0.3, -0.25) is 0 Å². The topological polar surface area (TPSA) is 70.5 Å². The van der Waals surface area contributed by atoms with Gasteiger partial charge in [0.1, 0.15) is 11.5 Å². The number of nitrogen functional groups attached to an aromatic ring is 2. The first-order valence-corrected chi connectivity index (χ1v) is 7.64. The molecule has 0 bridgehead atoms. The van der Waals surface area contributed by atoms with Crippen LogP contribution in [0, 0.1) is 6.92 Å². The maximum Gasteiger partial charge on any atom is 0.241 e. The molecule has 4 N–H and O–H groups in total. The predicted octanol–water partition coefficient (Wildman–Crippen LogP) is 4.13. The molecule has 2 aromatic carbocycles. The molecule has 0 aliphatic carbocycles. The van der Waals surface area contributed by atoms with E-state index >= 15 is 0 Å². The maximum atomic E-state index is 6.03. The van der Waals surface area contributed by atoms with Crippen molar-refractivity contribution in [2.75, 3.05) is 11.5 Å². The molecular formula is C18H24N2O2. The molecule has 0 fully saturated rings. The van der Waals surface area contributed by atoms with Crippen molar-refractivity contribution in [3.05, 3.63) is 48.0 Å². The van der Waals surface area contributed by atoms with Gasteiger partial charge in [0, 0.05) is 23.4 Å². The molecule has 2 aromatic rings. The Hall–Kier alpha value is -2.36. The van der Waals surface area contributed by atoms with E-state index in [-0.39, 0.29) is 6.29 Å². The van der Waals surface area contributed by atoms with E-state index < -0.39 is 0 Å². The molecule has 22 heavy (non-hydrogen) atoms. The molecule has 0 saturated heterocycles. The Bertz CT molecular complexity index is 597. The van der Waals surface area contributed by atoms with Crippen molar-refractivity contribution in [1.82, 2.24) is 0 Å². The number of benzene rings is 2. The van der Waals surface area contributed by atoms with Gasteiger partial charge in [0.2, 0.25) is 6.29 Å². The van der Waals surface area contributed by atoms with E-state index in [2.05, 4.69) is 6.92 Å². The molecule has 0 radical (unpaired) electrons. The van der Waals surface area contributed by atoms with Crippen molar-refractivity contribution in [3.8, 4) is 11.5 Å². The van der Waals surface area contributed by atoms with E-state index in [0.717, 1.165) is 42.0 Å². The minimum Gasteiger partial charge on any atom is -0.455 e. The van der Waals surface area contributed by atoms with Crippen LogP contribution < -0.4 is 20.9 Å². The highest BCUT2D eigenvalue weighted by Crippen LogP contribution is 2.26. The number of nitrogens with two attached hydrogens (primary N) is 2. The van der Waals surface area contributed by atoms with Gasteiger partial charge in [-0.25, -0.2) is 0 Å². The number of hydrogen-bond acceptors (Lipinski definition) is 4. The van der Waals surface area contributed by atoms with Crippen LogP contribution in [0.1, 0.15) is 31.7 Å². The van der Waals surface area contributed by atoms with E-state index in [1.54, 1.807) is 0 Å². The molecule has 2 rings (SSSR count). The highest BCUT2D eigenvalue weighted by atomic mass is 16.7. The van der Waals surface area contributed by atoms with Crippen molar-refractivity contribution < 1.29 is 9.47 Å². The van der Waals surface area contributed by atoms with E-state index in [9.17, 15) is 0 Å². The fourth-order valence-electron chi connectivity index (χ4n) is 2.11. The molecule has 118 valence electrons. The lowest BCUT2D eigenvalue weighted by molar-refractivity contribution is -0.00254. The predicted molar refractivity (Wildman–Crippen MR) is 91.0 cm³/mol. The van der Waals surface area contributed by atoms with Crippen molar-refractivity contribution in [2.24, 2.45) is 0 Å². The minimum absolute atomic E-state index is 0.343. The van der Waals surface area contributed by atoms with Gasteiger partial charge in [-0.15, -0.1) is 0 Å². The third kappa shape index (κ3) is 4.32. The SMILES string of the molecule is CCCCC(Oc1ccc(N)cc1)Oc1cccc(N)c1C. The smallest absolute Gasteiger partial charge is 0.241 e. The minimum atomic E-state index is -0.343. The molecule has 4 heteroatoms. The summed E-state index contributed by atoms with van der Waals surface area (Å²) in [5.41, 5.74) is 14.0. The zero-order valence-electron chi connectivity index (χ0n) is 13.2. The Kier molecular flexibility index (Phi) is 5.53.